The molecule has 0 aliphatic carbocycles. The second-order valence-corrected chi connectivity index (χ2v) is 6.68. The van der Waals surface area contributed by atoms with Gasteiger partial charge in [0.15, 0.2) is 12.6 Å². The first-order valence-corrected chi connectivity index (χ1v) is 10.6. The third kappa shape index (κ3) is 12.3. The third-order valence-corrected chi connectivity index (χ3v) is 4.89. The number of hydrogen-bond donors (Lipinski definition) is 1. The van der Waals surface area contributed by atoms with Crippen LogP contribution in [0.15, 0.2) is 24.3 Å². The maximum atomic E-state index is 9.01. The van der Waals surface area contributed by atoms with Crippen LogP contribution in [0, 0.1) is 0 Å². The van der Waals surface area contributed by atoms with E-state index in [9.17, 15) is 0 Å². The molecule has 1 aromatic rings. The van der Waals surface area contributed by atoms with Gasteiger partial charge in [-0.15, -0.1) is 0 Å². The van der Waals surface area contributed by atoms with Crippen LogP contribution in [0.3, 0.4) is 0 Å². The van der Waals surface area contributed by atoms with Gasteiger partial charge in [-0.25, -0.2) is 0 Å². The standard InChI is InChI=1S/C8H10N.2C2H2OS.CH3.Sn/c1-7(9)8-5-3-2-4-6-8;2*3-1-2-4;;/h2-5,7H,9H2,1H3;2*1-2H;1H3;. The van der Waals surface area contributed by atoms with Crippen molar-refractivity contribution in [3.05, 3.63) is 29.8 Å². The van der Waals surface area contributed by atoms with Crippen molar-refractivity contribution in [3.63, 3.8) is 0 Å². The summed E-state index contributed by atoms with van der Waals surface area (Å²) in [5.41, 5.74) is 7.17. The molecule has 19 heavy (non-hydrogen) atoms. The first-order chi connectivity index (χ1) is 9.08. The van der Waals surface area contributed by atoms with Gasteiger partial charge in [-0.1, -0.05) is 24.4 Å². The SMILES string of the molecule is O=CC=S.O=CC=S.[CH3][Sn][c]1ccccc1C(C)N. The average Bonchev–Trinajstić information content (AvgIpc) is 2.47. The summed E-state index contributed by atoms with van der Waals surface area (Å²) in [6.45, 7) is 2.05. The van der Waals surface area contributed by atoms with E-state index in [1.807, 2.05) is 6.92 Å². The second-order valence-electron chi connectivity index (χ2n) is 3.17. The minimum absolute atomic E-state index is 0.201. The van der Waals surface area contributed by atoms with E-state index >= 15 is 0 Å². The molecule has 1 unspecified atom stereocenters. The van der Waals surface area contributed by atoms with Crippen molar-refractivity contribution < 1.29 is 9.59 Å². The quantitative estimate of drug-likeness (QED) is 0.470. The summed E-state index contributed by atoms with van der Waals surface area (Å²) in [6.07, 6.45) is 1.13. The summed E-state index contributed by atoms with van der Waals surface area (Å²) in [4.78, 5) is 20.4. The molecule has 2 radical (unpaired) electrons. The Morgan fingerprint density at radius 1 is 1.16 bits per heavy atom. The van der Waals surface area contributed by atoms with E-state index in [1.165, 1.54) is 9.14 Å². The van der Waals surface area contributed by atoms with Gasteiger partial charge in [0.1, 0.15) is 0 Å². The molecule has 0 heterocycles. The van der Waals surface area contributed by atoms with Gasteiger partial charge in [0.25, 0.3) is 0 Å². The molecule has 1 aromatic carbocycles. The zero-order valence-corrected chi connectivity index (χ0v) is 15.4. The Kier molecular flexibility index (Phi) is 17.0. The number of rotatable bonds is 4. The Morgan fingerprint density at radius 3 is 1.84 bits per heavy atom. The number of hydrogen-bond acceptors (Lipinski definition) is 5. The molecule has 2 N–H and O–H groups in total. The van der Waals surface area contributed by atoms with E-state index in [2.05, 4.69) is 53.6 Å². The number of carbonyl (C=O) groups is 2. The maximum absolute atomic E-state index is 9.01. The van der Waals surface area contributed by atoms with Crippen LogP contribution >= 0.6 is 24.4 Å². The summed E-state index contributed by atoms with van der Waals surface area (Å²) in [6, 6.07) is 8.73. The van der Waals surface area contributed by atoms with Crippen LogP contribution in [-0.2, 0) is 9.59 Å². The fourth-order valence-corrected chi connectivity index (χ4v) is 3.58. The first kappa shape index (κ1) is 20.8. The van der Waals surface area contributed by atoms with E-state index in [-0.39, 0.29) is 27.2 Å². The molecule has 0 saturated heterocycles. The normalized spacial score (nSPS) is 9.63. The second kappa shape index (κ2) is 15.6. The Hall–Kier alpha value is -0.501. The van der Waals surface area contributed by atoms with Gasteiger partial charge in [0.2, 0.25) is 0 Å². The van der Waals surface area contributed by atoms with E-state index in [4.69, 9.17) is 15.3 Å². The predicted molar refractivity (Wildman–Crippen MR) is 89.7 cm³/mol. The van der Waals surface area contributed by atoms with Crippen LogP contribution in [0.2, 0.25) is 4.94 Å². The molecule has 0 saturated carbocycles. The average molecular weight is 402 g/mol. The third-order valence-electron chi connectivity index (χ3n) is 1.83. The molecule has 0 bridgehead atoms. The Labute approximate surface area is 135 Å². The van der Waals surface area contributed by atoms with Crippen molar-refractivity contribution in [1.29, 1.82) is 0 Å². The number of nitrogens with two attached hydrogens (primary N) is 1. The molecule has 0 fully saturated rings. The first-order valence-electron chi connectivity index (χ1n) is 5.39. The molecule has 0 aliphatic rings. The van der Waals surface area contributed by atoms with Crippen molar-refractivity contribution in [1.82, 2.24) is 0 Å². The summed E-state index contributed by atoms with van der Waals surface area (Å²) in [5, 5.41) is 2.06. The monoisotopic (exact) mass is 403 g/mol. The summed E-state index contributed by atoms with van der Waals surface area (Å²) < 4.78 is 1.53. The van der Waals surface area contributed by atoms with Gasteiger partial charge in [0, 0.05) is 10.7 Å². The summed E-state index contributed by atoms with van der Waals surface area (Å²) in [5.74, 6) is 0. The summed E-state index contributed by atoms with van der Waals surface area (Å²) in [7, 11) is 0. The topological polar surface area (TPSA) is 60.2 Å². The number of thiocarbonyl (C=S) groups is 2. The van der Waals surface area contributed by atoms with Gasteiger partial charge in [-0.3, -0.25) is 9.59 Å². The minimum atomic E-state index is -0.313. The van der Waals surface area contributed by atoms with Gasteiger partial charge in [0.05, 0.1) is 0 Å². The molecule has 1 atom stereocenters. The van der Waals surface area contributed by atoms with Crippen molar-refractivity contribution in [2.75, 3.05) is 0 Å². The Morgan fingerprint density at radius 2 is 1.58 bits per heavy atom. The number of aldehydes is 2. The van der Waals surface area contributed by atoms with Gasteiger partial charge < -0.3 is 0 Å². The molecular formula is C13H17NO2S2Sn. The number of benzene rings is 1. The molecule has 0 aliphatic heterocycles. The van der Waals surface area contributed by atoms with Crippen LogP contribution in [-0.4, -0.2) is 44.4 Å². The van der Waals surface area contributed by atoms with E-state index < -0.39 is 0 Å². The fourth-order valence-electron chi connectivity index (χ4n) is 1.12. The van der Waals surface area contributed by atoms with Crippen LogP contribution < -0.4 is 9.31 Å². The van der Waals surface area contributed by atoms with Gasteiger partial charge in [-0.05, 0) is 0 Å². The molecule has 0 spiro atoms. The van der Waals surface area contributed by atoms with E-state index in [0.717, 1.165) is 10.7 Å². The predicted octanol–water partition coefficient (Wildman–Crippen LogP) is 1.45. The molecule has 3 nitrogen and oxygen atoms in total. The molecule has 0 aromatic heterocycles. The van der Waals surface area contributed by atoms with Crippen LogP contribution in [0.25, 0.3) is 0 Å². The van der Waals surface area contributed by atoms with Crippen molar-refractivity contribution >= 4 is 72.5 Å². The van der Waals surface area contributed by atoms with Crippen molar-refractivity contribution in [2.45, 2.75) is 17.9 Å². The van der Waals surface area contributed by atoms with E-state index in [1.54, 1.807) is 0 Å². The van der Waals surface area contributed by atoms with Crippen LogP contribution in [0.4, 0.5) is 0 Å². The van der Waals surface area contributed by atoms with E-state index in [0.29, 0.717) is 12.6 Å². The fraction of sp³-hybridized carbons (Fsp3) is 0.231. The Bertz CT molecular complexity index is 374. The molecule has 0 amide bonds. The molecule has 1 rings (SSSR count). The van der Waals surface area contributed by atoms with Gasteiger partial charge >= 0.3 is 78.2 Å². The van der Waals surface area contributed by atoms with Crippen molar-refractivity contribution in [3.8, 4) is 0 Å². The van der Waals surface area contributed by atoms with Crippen molar-refractivity contribution in [2.24, 2.45) is 5.73 Å². The number of carbonyl (C=O) groups excluding carboxylic acids is 2. The Balaban J connectivity index is 0. The zero-order chi connectivity index (χ0) is 15.1. The van der Waals surface area contributed by atoms with Crippen LogP contribution in [0.5, 0.6) is 0 Å². The van der Waals surface area contributed by atoms with Crippen LogP contribution in [0.1, 0.15) is 18.5 Å². The molecule has 102 valence electrons. The zero-order valence-electron chi connectivity index (χ0n) is 10.9. The molecule has 6 heteroatoms. The van der Waals surface area contributed by atoms with Gasteiger partial charge in [-0.2, -0.15) is 0 Å². The summed E-state index contributed by atoms with van der Waals surface area (Å²) >= 11 is 7.81. The molecular weight excluding hydrogens is 385 g/mol.